The van der Waals surface area contributed by atoms with Gasteiger partial charge in [-0.05, 0) is 42.0 Å². The minimum atomic E-state index is -0.309. The Labute approximate surface area is 160 Å². The van der Waals surface area contributed by atoms with Crippen molar-refractivity contribution in [3.8, 4) is 0 Å². The number of carbonyl (C=O) groups is 2. The van der Waals surface area contributed by atoms with Crippen molar-refractivity contribution in [3.63, 3.8) is 0 Å². The highest BCUT2D eigenvalue weighted by Gasteiger charge is 2.46. The summed E-state index contributed by atoms with van der Waals surface area (Å²) in [5.41, 5.74) is 1.46. The first-order valence-electron chi connectivity index (χ1n) is 9.17. The van der Waals surface area contributed by atoms with E-state index >= 15 is 0 Å². The molecular formula is C21H18FN3O3. The first-order valence-corrected chi connectivity index (χ1v) is 9.17. The largest absolute Gasteiger partial charge is 0.459 e. The summed E-state index contributed by atoms with van der Waals surface area (Å²) >= 11 is 0. The SMILES string of the molecule is O=C(c1ccco1)N1C[C@H]2[C@H](C1)n1cccc1C(=O)N2Cc1ccc(F)cc1. The number of benzene rings is 1. The maximum atomic E-state index is 13.3. The van der Waals surface area contributed by atoms with Crippen LogP contribution in [0.4, 0.5) is 4.39 Å². The van der Waals surface area contributed by atoms with E-state index in [-0.39, 0.29) is 29.7 Å². The van der Waals surface area contributed by atoms with Crippen molar-refractivity contribution >= 4 is 11.8 Å². The number of nitrogens with zero attached hydrogens (tertiary/aromatic N) is 3. The fourth-order valence-corrected chi connectivity index (χ4v) is 4.21. The van der Waals surface area contributed by atoms with E-state index in [1.54, 1.807) is 40.1 Å². The number of amides is 2. The second-order valence-corrected chi connectivity index (χ2v) is 7.18. The Balaban J connectivity index is 1.47. The highest BCUT2D eigenvalue weighted by molar-refractivity contribution is 5.95. The lowest BCUT2D eigenvalue weighted by atomic mass is 10.0. The predicted octanol–water partition coefficient (Wildman–Crippen LogP) is 2.94. The molecule has 2 aliphatic rings. The molecule has 4 heterocycles. The third-order valence-electron chi connectivity index (χ3n) is 5.56. The predicted molar refractivity (Wildman–Crippen MR) is 98.1 cm³/mol. The lowest BCUT2D eigenvalue weighted by Crippen LogP contribution is -2.49. The molecule has 0 spiro atoms. The molecule has 1 fully saturated rings. The molecule has 0 bridgehead atoms. The Morgan fingerprint density at radius 2 is 1.86 bits per heavy atom. The number of halogens is 1. The Bertz CT molecular complexity index is 1030. The minimum Gasteiger partial charge on any atom is -0.459 e. The molecule has 0 saturated carbocycles. The lowest BCUT2D eigenvalue weighted by molar-refractivity contribution is 0.0549. The van der Waals surface area contributed by atoms with Gasteiger partial charge in [-0.25, -0.2) is 4.39 Å². The number of likely N-dealkylation sites (tertiary alicyclic amines) is 1. The average molecular weight is 379 g/mol. The van der Waals surface area contributed by atoms with Crippen LogP contribution in [0, 0.1) is 5.82 Å². The molecule has 2 atom stereocenters. The minimum absolute atomic E-state index is 0.0259. The molecule has 0 aliphatic carbocycles. The quantitative estimate of drug-likeness (QED) is 0.703. The van der Waals surface area contributed by atoms with Crippen molar-refractivity contribution in [2.24, 2.45) is 0 Å². The second kappa shape index (κ2) is 6.37. The van der Waals surface area contributed by atoms with Crippen LogP contribution in [0.2, 0.25) is 0 Å². The van der Waals surface area contributed by atoms with Gasteiger partial charge in [-0.1, -0.05) is 12.1 Å². The van der Waals surface area contributed by atoms with Crippen LogP contribution in [-0.4, -0.2) is 45.3 Å². The van der Waals surface area contributed by atoms with Crippen LogP contribution in [0.3, 0.4) is 0 Å². The van der Waals surface area contributed by atoms with E-state index in [2.05, 4.69) is 0 Å². The summed E-state index contributed by atoms with van der Waals surface area (Å²) in [6.45, 7) is 1.29. The van der Waals surface area contributed by atoms with Crippen LogP contribution in [-0.2, 0) is 6.54 Å². The van der Waals surface area contributed by atoms with Crippen LogP contribution in [0.15, 0.2) is 65.4 Å². The molecule has 142 valence electrons. The van der Waals surface area contributed by atoms with Gasteiger partial charge in [-0.15, -0.1) is 0 Å². The van der Waals surface area contributed by atoms with Gasteiger partial charge in [-0.2, -0.15) is 0 Å². The maximum Gasteiger partial charge on any atom is 0.289 e. The van der Waals surface area contributed by atoms with Gasteiger partial charge >= 0.3 is 0 Å². The molecule has 28 heavy (non-hydrogen) atoms. The monoisotopic (exact) mass is 379 g/mol. The van der Waals surface area contributed by atoms with Crippen molar-refractivity contribution in [1.82, 2.24) is 14.4 Å². The third kappa shape index (κ3) is 2.62. The zero-order valence-electron chi connectivity index (χ0n) is 15.0. The number of hydrogen-bond donors (Lipinski definition) is 0. The number of fused-ring (bicyclic) bond motifs is 3. The summed E-state index contributed by atoms with van der Waals surface area (Å²) in [4.78, 5) is 29.4. The number of rotatable bonds is 3. The molecule has 0 N–H and O–H groups in total. The maximum absolute atomic E-state index is 13.3. The van der Waals surface area contributed by atoms with E-state index in [9.17, 15) is 14.0 Å². The van der Waals surface area contributed by atoms with Crippen molar-refractivity contribution in [2.75, 3.05) is 13.1 Å². The van der Waals surface area contributed by atoms with Crippen LogP contribution in [0.25, 0.3) is 0 Å². The summed E-state index contributed by atoms with van der Waals surface area (Å²) in [5.74, 6) is -0.274. The van der Waals surface area contributed by atoms with Crippen molar-refractivity contribution < 1.29 is 18.4 Å². The summed E-state index contributed by atoms with van der Waals surface area (Å²) in [5, 5.41) is 0. The lowest BCUT2D eigenvalue weighted by Gasteiger charge is -2.38. The number of carbonyl (C=O) groups excluding carboxylic acids is 2. The number of hydrogen-bond acceptors (Lipinski definition) is 3. The molecule has 0 unspecified atom stereocenters. The summed E-state index contributed by atoms with van der Waals surface area (Å²) in [6, 6.07) is 13.0. The highest BCUT2D eigenvalue weighted by atomic mass is 19.1. The summed E-state index contributed by atoms with van der Waals surface area (Å²) < 4.78 is 20.5. The molecule has 2 aliphatic heterocycles. The topological polar surface area (TPSA) is 58.7 Å². The number of furan rings is 1. The fraction of sp³-hybridized carbons (Fsp3) is 0.238. The van der Waals surface area contributed by atoms with E-state index in [1.807, 2.05) is 16.8 Å². The van der Waals surface area contributed by atoms with Gasteiger partial charge in [0.15, 0.2) is 5.76 Å². The Kier molecular flexibility index (Phi) is 3.82. The zero-order chi connectivity index (χ0) is 19.3. The van der Waals surface area contributed by atoms with E-state index < -0.39 is 0 Å². The highest BCUT2D eigenvalue weighted by Crippen LogP contribution is 2.35. The molecule has 1 saturated heterocycles. The molecule has 0 radical (unpaired) electrons. The van der Waals surface area contributed by atoms with Gasteiger partial charge in [-0.3, -0.25) is 9.59 Å². The van der Waals surface area contributed by atoms with Gasteiger partial charge in [0, 0.05) is 25.8 Å². The van der Waals surface area contributed by atoms with Crippen LogP contribution in [0.5, 0.6) is 0 Å². The Morgan fingerprint density at radius 3 is 2.61 bits per heavy atom. The first kappa shape index (κ1) is 16.8. The molecule has 5 rings (SSSR count). The molecular weight excluding hydrogens is 361 g/mol. The summed E-state index contributed by atoms with van der Waals surface area (Å²) in [7, 11) is 0. The molecule has 6 nitrogen and oxygen atoms in total. The van der Waals surface area contributed by atoms with Gasteiger partial charge in [0.2, 0.25) is 0 Å². The van der Waals surface area contributed by atoms with E-state index in [1.165, 1.54) is 18.4 Å². The molecule has 2 amide bonds. The van der Waals surface area contributed by atoms with Crippen LogP contribution >= 0.6 is 0 Å². The summed E-state index contributed by atoms with van der Waals surface area (Å²) in [6.07, 6.45) is 3.37. The van der Waals surface area contributed by atoms with Crippen molar-refractivity contribution in [2.45, 2.75) is 18.6 Å². The first-order chi connectivity index (χ1) is 13.6. The van der Waals surface area contributed by atoms with E-state index in [4.69, 9.17) is 4.42 Å². The van der Waals surface area contributed by atoms with Crippen molar-refractivity contribution in [3.05, 3.63) is 83.8 Å². The second-order valence-electron chi connectivity index (χ2n) is 7.18. The van der Waals surface area contributed by atoms with Gasteiger partial charge < -0.3 is 18.8 Å². The average Bonchev–Trinajstić information content (AvgIpc) is 3.45. The van der Waals surface area contributed by atoms with Crippen molar-refractivity contribution in [1.29, 1.82) is 0 Å². The fourth-order valence-electron chi connectivity index (χ4n) is 4.21. The van der Waals surface area contributed by atoms with E-state index in [0.717, 1.165) is 5.56 Å². The normalized spacial score (nSPS) is 21.0. The van der Waals surface area contributed by atoms with Gasteiger partial charge in [0.1, 0.15) is 11.5 Å². The van der Waals surface area contributed by atoms with E-state index in [0.29, 0.717) is 31.1 Å². The molecule has 7 heteroatoms. The van der Waals surface area contributed by atoms with Crippen LogP contribution in [0.1, 0.15) is 32.6 Å². The van der Waals surface area contributed by atoms with Gasteiger partial charge in [0.25, 0.3) is 11.8 Å². The van der Waals surface area contributed by atoms with Crippen LogP contribution < -0.4 is 0 Å². The Hall–Kier alpha value is -3.35. The number of aromatic nitrogens is 1. The molecule has 2 aromatic heterocycles. The standard InChI is InChI=1S/C21H18FN3O3/c22-15-7-5-14(6-8-15)11-25-18-13-23(21(27)19-4-2-10-28-19)12-17(18)24-9-1-3-16(24)20(25)26/h1-10,17-18H,11-13H2/t17-,18-/m0/s1. The molecule has 3 aromatic rings. The van der Waals surface area contributed by atoms with Gasteiger partial charge in [0.05, 0.1) is 18.3 Å². The smallest absolute Gasteiger partial charge is 0.289 e. The molecule has 1 aromatic carbocycles. The third-order valence-corrected chi connectivity index (χ3v) is 5.56. The zero-order valence-corrected chi connectivity index (χ0v) is 15.0. The Morgan fingerprint density at radius 1 is 1.07 bits per heavy atom.